The van der Waals surface area contributed by atoms with Crippen molar-refractivity contribution in [2.24, 2.45) is 0 Å². The van der Waals surface area contributed by atoms with Gasteiger partial charge in [-0.05, 0) is 37.1 Å². The molecule has 108 valence electrons. The second kappa shape index (κ2) is 5.29. The molecule has 0 radical (unpaired) electrons. The summed E-state index contributed by atoms with van der Waals surface area (Å²) < 4.78 is 19.7. The molecule has 0 saturated carbocycles. The fourth-order valence-corrected chi connectivity index (χ4v) is 2.14. The van der Waals surface area contributed by atoms with E-state index in [9.17, 15) is 9.18 Å². The van der Waals surface area contributed by atoms with Gasteiger partial charge in [-0.1, -0.05) is 0 Å². The third kappa shape index (κ3) is 2.23. The van der Waals surface area contributed by atoms with E-state index < -0.39 is 5.97 Å². The van der Waals surface area contributed by atoms with E-state index in [1.807, 2.05) is 6.07 Å². The van der Waals surface area contributed by atoms with Gasteiger partial charge in [-0.25, -0.2) is 9.18 Å². The minimum absolute atomic E-state index is 0.0470. The second-order valence-corrected chi connectivity index (χ2v) is 4.59. The predicted octanol–water partition coefficient (Wildman–Crippen LogP) is 2.47. The van der Waals surface area contributed by atoms with Crippen molar-refractivity contribution in [3.05, 3.63) is 46.5 Å². The lowest BCUT2D eigenvalue weighted by Crippen LogP contribution is -2.12. The number of hydrogen-bond donors (Lipinski definition) is 1. The van der Waals surface area contributed by atoms with Gasteiger partial charge in [0.25, 0.3) is 0 Å². The van der Waals surface area contributed by atoms with Crippen LogP contribution in [0.3, 0.4) is 0 Å². The van der Waals surface area contributed by atoms with Crippen LogP contribution in [0, 0.1) is 31.0 Å². The quantitative estimate of drug-likeness (QED) is 0.860. The molecule has 0 bridgehead atoms. The summed E-state index contributed by atoms with van der Waals surface area (Å²) in [6.45, 7) is 3.38. The molecule has 0 atom stereocenters. The van der Waals surface area contributed by atoms with Crippen molar-refractivity contribution >= 4 is 11.7 Å². The molecule has 2 rings (SSSR count). The topological polar surface area (TPSA) is 81.0 Å². The lowest BCUT2D eigenvalue weighted by molar-refractivity contribution is 0.0593. The first-order chi connectivity index (χ1) is 9.92. The molecule has 1 aromatic carbocycles. The fraction of sp³-hybridized carbons (Fsp3) is 0.200. The largest absolute Gasteiger partial charge is 0.464 e. The third-order valence-corrected chi connectivity index (χ3v) is 3.50. The van der Waals surface area contributed by atoms with E-state index in [4.69, 9.17) is 15.7 Å². The molecule has 0 spiro atoms. The predicted molar refractivity (Wildman–Crippen MR) is 75.7 cm³/mol. The minimum atomic E-state index is -0.657. The molecule has 1 aromatic heterocycles. The van der Waals surface area contributed by atoms with Gasteiger partial charge in [0, 0.05) is 11.9 Å². The third-order valence-electron chi connectivity index (χ3n) is 3.50. The maximum Gasteiger partial charge on any atom is 0.357 e. The van der Waals surface area contributed by atoms with Crippen molar-refractivity contribution in [1.29, 1.82) is 5.26 Å². The molecule has 0 amide bonds. The van der Waals surface area contributed by atoms with Crippen molar-refractivity contribution in [2.75, 3.05) is 12.8 Å². The molecule has 21 heavy (non-hydrogen) atoms. The van der Waals surface area contributed by atoms with Crippen LogP contribution in [0.5, 0.6) is 0 Å². The molecule has 2 aromatic rings. The number of methoxy groups -OCH3 is 1. The van der Waals surface area contributed by atoms with Crippen LogP contribution in [0.15, 0.2) is 18.3 Å². The number of ether oxygens (including phenoxy) is 1. The number of carbonyl (C=O) groups is 1. The summed E-state index contributed by atoms with van der Waals surface area (Å²) in [6, 6.07) is 4.76. The number of nitrogens with two attached hydrogens (primary N) is 1. The summed E-state index contributed by atoms with van der Waals surface area (Å²) in [4.78, 5) is 11.9. The Hall–Kier alpha value is -2.81. The van der Waals surface area contributed by atoms with E-state index in [1.54, 1.807) is 13.8 Å². The SMILES string of the molecule is COC(=O)c1c(N)c(C#N)cn1-c1ccc(F)c(C)c1C. The Labute approximate surface area is 121 Å². The van der Waals surface area contributed by atoms with Crippen LogP contribution in [0.1, 0.15) is 27.2 Å². The van der Waals surface area contributed by atoms with Crippen LogP contribution in [0.25, 0.3) is 5.69 Å². The summed E-state index contributed by atoms with van der Waals surface area (Å²) in [5.74, 6) is -0.994. The molecule has 2 N–H and O–H groups in total. The van der Waals surface area contributed by atoms with Crippen LogP contribution in [-0.2, 0) is 4.74 Å². The maximum absolute atomic E-state index is 13.6. The Morgan fingerprint density at radius 3 is 2.62 bits per heavy atom. The number of aromatic nitrogens is 1. The summed E-state index contributed by atoms with van der Waals surface area (Å²) in [6.07, 6.45) is 1.45. The van der Waals surface area contributed by atoms with Gasteiger partial charge in [0.15, 0.2) is 5.69 Å². The summed E-state index contributed by atoms with van der Waals surface area (Å²) in [5, 5.41) is 9.07. The van der Waals surface area contributed by atoms with Gasteiger partial charge < -0.3 is 15.0 Å². The highest BCUT2D eigenvalue weighted by molar-refractivity contribution is 5.96. The van der Waals surface area contributed by atoms with Crippen molar-refractivity contribution in [3.8, 4) is 11.8 Å². The Kier molecular flexibility index (Phi) is 3.68. The van der Waals surface area contributed by atoms with E-state index >= 15 is 0 Å². The van der Waals surface area contributed by atoms with Crippen molar-refractivity contribution in [1.82, 2.24) is 4.57 Å². The normalized spacial score (nSPS) is 10.2. The first-order valence-electron chi connectivity index (χ1n) is 6.17. The zero-order valence-electron chi connectivity index (χ0n) is 11.9. The van der Waals surface area contributed by atoms with Crippen LogP contribution in [-0.4, -0.2) is 17.6 Å². The Morgan fingerprint density at radius 1 is 1.38 bits per heavy atom. The standard InChI is InChI=1S/C15H14FN3O2/c1-8-9(2)12(5-4-11(8)16)19-7-10(6-17)13(18)14(19)15(20)21-3/h4-5,7H,18H2,1-3H3. The van der Waals surface area contributed by atoms with Gasteiger partial charge in [0.1, 0.15) is 11.9 Å². The van der Waals surface area contributed by atoms with E-state index in [0.29, 0.717) is 16.8 Å². The highest BCUT2D eigenvalue weighted by atomic mass is 19.1. The van der Waals surface area contributed by atoms with Crippen molar-refractivity contribution < 1.29 is 13.9 Å². The summed E-state index contributed by atoms with van der Waals surface area (Å²) >= 11 is 0. The number of nitrogen functional groups attached to an aromatic ring is 1. The molecule has 0 unspecified atom stereocenters. The minimum Gasteiger partial charge on any atom is -0.464 e. The lowest BCUT2D eigenvalue weighted by atomic mass is 10.1. The lowest BCUT2D eigenvalue weighted by Gasteiger charge is -2.13. The Balaban J connectivity index is 2.79. The summed E-state index contributed by atoms with van der Waals surface area (Å²) in [7, 11) is 1.23. The summed E-state index contributed by atoms with van der Waals surface area (Å²) in [5.41, 5.74) is 7.79. The molecule has 6 heteroatoms. The monoisotopic (exact) mass is 287 g/mol. The number of esters is 1. The van der Waals surface area contributed by atoms with Crippen LogP contribution in [0.2, 0.25) is 0 Å². The van der Waals surface area contributed by atoms with E-state index in [2.05, 4.69) is 0 Å². The van der Waals surface area contributed by atoms with Crippen LogP contribution in [0.4, 0.5) is 10.1 Å². The number of nitrogens with zero attached hydrogens (tertiary/aromatic N) is 2. The van der Waals surface area contributed by atoms with Crippen LogP contribution >= 0.6 is 0 Å². The molecule has 0 aliphatic carbocycles. The van der Waals surface area contributed by atoms with Gasteiger partial charge >= 0.3 is 5.97 Å². The number of carbonyl (C=O) groups excluding carboxylic acids is 1. The molecular formula is C15H14FN3O2. The first-order valence-corrected chi connectivity index (χ1v) is 6.17. The smallest absolute Gasteiger partial charge is 0.357 e. The number of anilines is 1. The average molecular weight is 287 g/mol. The zero-order chi connectivity index (χ0) is 15.7. The van der Waals surface area contributed by atoms with Gasteiger partial charge in [0.2, 0.25) is 0 Å². The van der Waals surface area contributed by atoms with Gasteiger partial charge in [-0.3, -0.25) is 0 Å². The highest BCUT2D eigenvalue weighted by Gasteiger charge is 2.23. The molecular weight excluding hydrogens is 273 g/mol. The van der Waals surface area contributed by atoms with E-state index in [1.165, 1.54) is 30.0 Å². The van der Waals surface area contributed by atoms with Gasteiger partial charge in [0.05, 0.1) is 18.4 Å². The zero-order valence-corrected chi connectivity index (χ0v) is 11.9. The van der Waals surface area contributed by atoms with Crippen molar-refractivity contribution in [3.63, 3.8) is 0 Å². The molecule has 5 nitrogen and oxygen atoms in total. The molecule has 1 heterocycles. The molecule has 0 fully saturated rings. The van der Waals surface area contributed by atoms with Crippen LogP contribution < -0.4 is 5.73 Å². The number of hydrogen-bond acceptors (Lipinski definition) is 4. The highest BCUT2D eigenvalue weighted by Crippen LogP contribution is 2.28. The second-order valence-electron chi connectivity index (χ2n) is 4.59. The van der Waals surface area contributed by atoms with E-state index in [0.717, 1.165) is 0 Å². The first kappa shape index (κ1) is 14.6. The number of rotatable bonds is 2. The van der Waals surface area contributed by atoms with Gasteiger partial charge in [-0.15, -0.1) is 0 Å². The fourth-order valence-electron chi connectivity index (χ4n) is 2.14. The number of benzene rings is 1. The molecule has 0 aliphatic rings. The van der Waals surface area contributed by atoms with Gasteiger partial charge in [-0.2, -0.15) is 5.26 Å². The molecule has 0 aliphatic heterocycles. The van der Waals surface area contributed by atoms with Crippen molar-refractivity contribution in [2.45, 2.75) is 13.8 Å². The Morgan fingerprint density at radius 2 is 2.05 bits per heavy atom. The number of nitriles is 1. The maximum atomic E-state index is 13.6. The number of halogens is 1. The Bertz CT molecular complexity index is 772. The van der Waals surface area contributed by atoms with E-state index in [-0.39, 0.29) is 22.8 Å². The molecule has 0 saturated heterocycles. The average Bonchev–Trinajstić information content (AvgIpc) is 2.80.